The predicted octanol–water partition coefficient (Wildman–Crippen LogP) is 4.04. The van der Waals surface area contributed by atoms with Crippen molar-refractivity contribution >= 4 is 27.5 Å². The second-order valence-electron chi connectivity index (χ2n) is 6.90. The van der Waals surface area contributed by atoms with Crippen LogP contribution in [-0.2, 0) is 11.3 Å². The fourth-order valence-corrected chi connectivity index (χ4v) is 4.13. The first-order valence-electron chi connectivity index (χ1n) is 9.21. The zero-order valence-electron chi connectivity index (χ0n) is 16.2. The lowest BCUT2D eigenvalue weighted by Crippen LogP contribution is -2.30. The first-order valence-corrected chi connectivity index (χ1v) is 10.0. The molecule has 1 amide bonds. The SMILES string of the molecule is CCC(NC(=O)CCn1cnc2sc(C)c(C)c2c1=O)c1ccc(C)cc1. The largest absolute Gasteiger partial charge is 0.349 e. The molecule has 6 heteroatoms. The third-order valence-electron chi connectivity index (χ3n) is 4.96. The van der Waals surface area contributed by atoms with Gasteiger partial charge in [-0.15, -0.1) is 11.3 Å². The van der Waals surface area contributed by atoms with Gasteiger partial charge in [0.15, 0.2) is 0 Å². The van der Waals surface area contributed by atoms with E-state index < -0.39 is 0 Å². The molecule has 0 aliphatic heterocycles. The monoisotopic (exact) mass is 383 g/mol. The molecule has 2 heterocycles. The molecule has 1 N–H and O–H groups in total. The highest BCUT2D eigenvalue weighted by Gasteiger charge is 2.15. The van der Waals surface area contributed by atoms with Crippen molar-refractivity contribution in [3.05, 3.63) is 62.5 Å². The third kappa shape index (κ3) is 4.11. The second kappa shape index (κ2) is 8.05. The van der Waals surface area contributed by atoms with E-state index in [-0.39, 0.29) is 23.9 Å². The molecule has 5 nitrogen and oxygen atoms in total. The molecule has 1 aromatic carbocycles. The molecule has 2 aromatic heterocycles. The van der Waals surface area contributed by atoms with Gasteiger partial charge in [0.25, 0.3) is 5.56 Å². The van der Waals surface area contributed by atoms with Crippen LogP contribution in [0.5, 0.6) is 0 Å². The average Bonchev–Trinajstić information content (AvgIpc) is 2.95. The number of aromatic nitrogens is 2. The maximum atomic E-state index is 12.7. The summed E-state index contributed by atoms with van der Waals surface area (Å²) in [6.07, 6.45) is 2.61. The number of carbonyl (C=O) groups excluding carboxylic acids is 1. The Morgan fingerprint density at radius 2 is 1.93 bits per heavy atom. The minimum Gasteiger partial charge on any atom is -0.349 e. The molecule has 27 heavy (non-hydrogen) atoms. The van der Waals surface area contributed by atoms with Gasteiger partial charge in [-0.3, -0.25) is 14.2 Å². The Kier molecular flexibility index (Phi) is 5.75. The van der Waals surface area contributed by atoms with Crippen LogP contribution in [0.4, 0.5) is 0 Å². The normalized spacial score (nSPS) is 12.3. The molecular formula is C21H25N3O2S. The van der Waals surface area contributed by atoms with E-state index >= 15 is 0 Å². The van der Waals surface area contributed by atoms with E-state index in [4.69, 9.17) is 0 Å². The summed E-state index contributed by atoms with van der Waals surface area (Å²) in [4.78, 5) is 31.4. The van der Waals surface area contributed by atoms with Crippen molar-refractivity contribution in [3.63, 3.8) is 0 Å². The predicted molar refractivity (Wildman–Crippen MR) is 110 cm³/mol. The van der Waals surface area contributed by atoms with Crippen molar-refractivity contribution in [3.8, 4) is 0 Å². The molecule has 0 radical (unpaired) electrons. The molecular weight excluding hydrogens is 358 g/mol. The van der Waals surface area contributed by atoms with Crippen molar-refractivity contribution in [1.82, 2.24) is 14.9 Å². The number of nitrogens with zero attached hydrogens (tertiary/aromatic N) is 2. The Morgan fingerprint density at radius 3 is 2.59 bits per heavy atom. The lowest BCUT2D eigenvalue weighted by atomic mass is 10.0. The number of nitrogens with one attached hydrogen (secondary N) is 1. The fourth-order valence-electron chi connectivity index (χ4n) is 3.14. The molecule has 0 saturated carbocycles. The number of amides is 1. The summed E-state index contributed by atoms with van der Waals surface area (Å²) in [5.74, 6) is -0.0624. The first kappa shape index (κ1) is 19.3. The van der Waals surface area contributed by atoms with Crippen LogP contribution >= 0.6 is 11.3 Å². The number of thiophene rings is 1. The van der Waals surface area contributed by atoms with Crippen molar-refractivity contribution in [2.75, 3.05) is 0 Å². The molecule has 3 rings (SSSR count). The summed E-state index contributed by atoms with van der Waals surface area (Å²) in [5.41, 5.74) is 3.21. The lowest BCUT2D eigenvalue weighted by Gasteiger charge is -2.18. The highest BCUT2D eigenvalue weighted by atomic mass is 32.1. The molecule has 1 atom stereocenters. The van der Waals surface area contributed by atoms with E-state index in [2.05, 4.69) is 29.4 Å². The number of rotatable bonds is 6. The lowest BCUT2D eigenvalue weighted by molar-refractivity contribution is -0.122. The van der Waals surface area contributed by atoms with Gasteiger partial charge in [0.2, 0.25) is 5.91 Å². The molecule has 0 spiro atoms. The van der Waals surface area contributed by atoms with Gasteiger partial charge in [-0.1, -0.05) is 36.8 Å². The molecule has 0 fully saturated rings. The van der Waals surface area contributed by atoms with Crippen molar-refractivity contribution in [2.24, 2.45) is 0 Å². The average molecular weight is 384 g/mol. The van der Waals surface area contributed by atoms with Crippen molar-refractivity contribution < 1.29 is 4.79 Å². The Bertz CT molecular complexity index is 1020. The number of benzene rings is 1. The van der Waals surface area contributed by atoms with Gasteiger partial charge < -0.3 is 5.32 Å². The van der Waals surface area contributed by atoms with E-state index in [1.807, 2.05) is 32.9 Å². The highest BCUT2D eigenvalue weighted by molar-refractivity contribution is 7.18. The van der Waals surface area contributed by atoms with Crippen LogP contribution in [-0.4, -0.2) is 15.5 Å². The Balaban J connectivity index is 1.69. The van der Waals surface area contributed by atoms with Gasteiger partial charge in [0, 0.05) is 17.8 Å². The van der Waals surface area contributed by atoms with Gasteiger partial charge in [-0.2, -0.15) is 0 Å². The van der Waals surface area contributed by atoms with Crippen LogP contribution in [0.2, 0.25) is 0 Å². The summed E-state index contributed by atoms with van der Waals surface area (Å²) < 4.78 is 1.54. The standard InChI is InChI=1S/C21H25N3O2S/c1-5-17(16-8-6-13(2)7-9-16)23-18(25)10-11-24-12-22-20-19(21(24)26)14(3)15(4)27-20/h6-9,12,17H,5,10-11H2,1-4H3,(H,23,25). The van der Waals surface area contributed by atoms with Gasteiger partial charge in [-0.05, 0) is 38.3 Å². The Morgan fingerprint density at radius 1 is 1.22 bits per heavy atom. The molecule has 3 aromatic rings. The maximum Gasteiger partial charge on any atom is 0.262 e. The third-order valence-corrected chi connectivity index (χ3v) is 6.07. The zero-order valence-corrected chi connectivity index (χ0v) is 17.0. The summed E-state index contributed by atoms with van der Waals surface area (Å²) in [6.45, 7) is 8.36. The topological polar surface area (TPSA) is 64.0 Å². The quantitative estimate of drug-likeness (QED) is 0.699. The minimum atomic E-state index is -0.0692. The van der Waals surface area contributed by atoms with E-state index in [0.29, 0.717) is 11.9 Å². The minimum absolute atomic E-state index is 0.0165. The van der Waals surface area contributed by atoms with E-state index in [1.54, 1.807) is 6.33 Å². The van der Waals surface area contributed by atoms with Gasteiger partial charge >= 0.3 is 0 Å². The van der Waals surface area contributed by atoms with E-state index in [1.165, 1.54) is 21.5 Å². The van der Waals surface area contributed by atoms with Crippen molar-refractivity contribution in [1.29, 1.82) is 0 Å². The first-order chi connectivity index (χ1) is 12.9. The molecule has 0 aliphatic carbocycles. The molecule has 142 valence electrons. The molecule has 0 aliphatic rings. The summed E-state index contributed by atoms with van der Waals surface area (Å²) >= 11 is 1.53. The Hall–Kier alpha value is -2.47. The van der Waals surface area contributed by atoms with Gasteiger partial charge in [-0.25, -0.2) is 4.98 Å². The van der Waals surface area contributed by atoms with Crippen LogP contribution in [0.3, 0.4) is 0 Å². The number of fused-ring (bicyclic) bond motifs is 1. The van der Waals surface area contributed by atoms with Crippen LogP contribution in [0.25, 0.3) is 10.2 Å². The number of hydrogen-bond donors (Lipinski definition) is 1. The summed E-state index contributed by atoms with van der Waals surface area (Å²) in [5, 5.41) is 3.74. The van der Waals surface area contributed by atoms with Gasteiger partial charge in [0.1, 0.15) is 4.83 Å². The van der Waals surface area contributed by atoms with Crippen LogP contribution < -0.4 is 10.9 Å². The summed E-state index contributed by atoms with van der Waals surface area (Å²) in [7, 11) is 0. The van der Waals surface area contributed by atoms with Crippen molar-refractivity contribution in [2.45, 2.75) is 53.1 Å². The molecule has 1 unspecified atom stereocenters. The highest BCUT2D eigenvalue weighted by Crippen LogP contribution is 2.25. The summed E-state index contributed by atoms with van der Waals surface area (Å²) in [6, 6.07) is 8.19. The molecule has 0 saturated heterocycles. The Labute approximate surface area is 163 Å². The molecule has 0 bridgehead atoms. The zero-order chi connectivity index (χ0) is 19.6. The van der Waals surface area contributed by atoms with Crippen LogP contribution in [0.15, 0.2) is 35.4 Å². The van der Waals surface area contributed by atoms with E-state index in [0.717, 1.165) is 27.3 Å². The number of hydrogen-bond acceptors (Lipinski definition) is 4. The number of carbonyl (C=O) groups is 1. The smallest absolute Gasteiger partial charge is 0.262 e. The second-order valence-corrected chi connectivity index (χ2v) is 8.10. The number of aryl methyl sites for hydroxylation is 4. The van der Waals surface area contributed by atoms with Crippen LogP contribution in [0.1, 0.15) is 47.4 Å². The van der Waals surface area contributed by atoms with Gasteiger partial charge in [0.05, 0.1) is 17.8 Å². The fraction of sp³-hybridized carbons (Fsp3) is 0.381. The van der Waals surface area contributed by atoms with E-state index in [9.17, 15) is 9.59 Å². The maximum absolute atomic E-state index is 12.7. The van der Waals surface area contributed by atoms with Crippen LogP contribution in [0, 0.1) is 20.8 Å².